The quantitative estimate of drug-likeness (QED) is 0.729. The zero-order valence-corrected chi connectivity index (χ0v) is 9.31. The summed E-state index contributed by atoms with van der Waals surface area (Å²) in [7, 11) is 1.64. The lowest BCUT2D eigenvalue weighted by Crippen LogP contribution is -2.29. The molecule has 0 aliphatic rings. The van der Waals surface area contributed by atoms with Crippen LogP contribution in [-0.2, 0) is 4.74 Å². The third-order valence-corrected chi connectivity index (χ3v) is 2.82. The van der Waals surface area contributed by atoms with Gasteiger partial charge in [-0.25, -0.2) is 9.37 Å². The van der Waals surface area contributed by atoms with Crippen molar-refractivity contribution in [2.75, 3.05) is 38.4 Å². The molecular formula is C9H15FN2OS. The first-order valence-corrected chi connectivity index (χ1v) is 5.38. The Bertz CT molecular complexity index is 267. The molecule has 0 saturated heterocycles. The van der Waals surface area contributed by atoms with Gasteiger partial charge in [0.05, 0.1) is 12.3 Å². The van der Waals surface area contributed by atoms with E-state index in [-0.39, 0.29) is 6.67 Å². The van der Waals surface area contributed by atoms with E-state index in [9.17, 15) is 4.39 Å². The number of methoxy groups -OCH3 is 1. The van der Waals surface area contributed by atoms with Crippen molar-refractivity contribution in [3.05, 3.63) is 11.1 Å². The van der Waals surface area contributed by atoms with Crippen LogP contribution in [0.15, 0.2) is 5.38 Å². The van der Waals surface area contributed by atoms with E-state index in [0.29, 0.717) is 19.7 Å². The Morgan fingerprint density at radius 1 is 1.57 bits per heavy atom. The normalized spacial score (nSPS) is 10.5. The summed E-state index contributed by atoms with van der Waals surface area (Å²) in [4.78, 5) is 6.21. The second-order valence-corrected chi connectivity index (χ2v) is 3.78. The minimum Gasteiger partial charge on any atom is -0.383 e. The van der Waals surface area contributed by atoms with E-state index in [1.54, 1.807) is 18.4 Å². The van der Waals surface area contributed by atoms with Crippen molar-refractivity contribution < 1.29 is 9.13 Å². The molecule has 0 atom stereocenters. The number of halogens is 1. The van der Waals surface area contributed by atoms with Crippen LogP contribution in [-0.4, -0.2) is 38.5 Å². The van der Waals surface area contributed by atoms with Gasteiger partial charge in [0, 0.05) is 25.6 Å². The van der Waals surface area contributed by atoms with Crippen LogP contribution in [0.25, 0.3) is 0 Å². The van der Waals surface area contributed by atoms with Gasteiger partial charge in [-0.05, 0) is 6.92 Å². The molecule has 0 amide bonds. The van der Waals surface area contributed by atoms with E-state index < -0.39 is 0 Å². The third-order valence-electron chi connectivity index (χ3n) is 1.80. The van der Waals surface area contributed by atoms with Crippen LogP contribution in [0.2, 0.25) is 0 Å². The molecule has 0 unspecified atom stereocenters. The molecule has 0 bridgehead atoms. The van der Waals surface area contributed by atoms with Gasteiger partial charge in [-0.2, -0.15) is 0 Å². The average Bonchev–Trinajstić information content (AvgIpc) is 2.59. The van der Waals surface area contributed by atoms with E-state index in [0.717, 1.165) is 10.8 Å². The molecule has 0 N–H and O–H groups in total. The van der Waals surface area contributed by atoms with Crippen LogP contribution in [0.3, 0.4) is 0 Å². The van der Waals surface area contributed by atoms with Crippen LogP contribution < -0.4 is 4.90 Å². The summed E-state index contributed by atoms with van der Waals surface area (Å²) in [5, 5.41) is 2.84. The first-order valence-electron chi connectivity index (χ1n) is 4.50. The Labute approximate surface area is 87.5 Å². The van der Waals surface area contributed by atoms with Crippen molar-refractivity contribution in [3.8, 4) is 0 Å². The van der Waals surface area contributed by atoms with Crippen LogP contribution in [0.1, 0.15) is 5.69 Å². The zero-order chi connectivity index (χ0) is 10.4. The van der Waals surface area contributed by atoms with Crippen molar-refractivity contribution in [3.63, 3.8) is 0 Å². The molecule has 0 aromatic carbocycles. The number of alkyl halides is 1. The number of aromatic nitrogens is 1. The standard InChI is InChI=1S/C9H15FN2OS/c1-8-7-14-9(11-8)12(4-3-10)5-6-13-2/h7H,3-6H2,1-2H3. The number of hydrogen-bond donors (Lipinski definition) is 0. The second-order valence-electron chi connectivity index (χ2n) is 2.94. The molecular weight excluding hydrogens is 203 g/mol. The van der Waals surface area contributed by atoms with Gasteiger partial charge in [0.2, 0.25) is 0 Å². The highest BCUT2D eigenvalue weighted by molar-refractivity contribution is 7.13. The van der Waals surface area contributed by atoms with Crippen molar-refractivity contribution in [2.24, 2.45) is 0 Å². The lowest BCUT2D eigenvalue weighted by molar-refractivity contribution is 0.204. The van der Waals surface area contributed by atoms with Gasteiger partial charge in [0.1, 0.15) is 6.67 Å². The lowest BCUT2D eigenvalue weighted by atomic mass is 10.5. The highest BCUT2D eigenvalue weighted by atomic mass is 32.1. The summed E-state index contributed by atoms with van der Waals surface area (Å²) in [5.74, 6) is 0. The largest absolute Gasteiger partial charge is 0.383 e. The number of rotatable bonds is 6. The van der Waals surface area contributed by atoms with Gasteiger partial charge in [0.25, 0.3) is 0 Å². The number of anilines is 1. The van der Waals surface area contributed by atoms with E-state index in [2.05, 4.69) is 4.98 Å². The number of ether oxygens (including phenoxy) is 1. The first-order chi connectivity index (χ1) is 6.77. The molecule has 1 aromatic heterocycles. The monoisotopic (exact) mass is 218 g/mol. The third kappa shape index (κ3) is 3.23. The fourth-order valence-electron chi connectivity index (χ4n) is 1.09. The van der Waals surface area contributed by atoms with Gasteiger partial charge in [-0.1, -0.05) is 0 Å². The molecule has 0 fully saturated rings. The molecule has 1 aromatic rings. The van der Waals surface area contributed by atoms with Gasteiger partial charge in [0.15, 0.2) is 5.13 Å². The van der Waals surface area contributed by atoms with E-state index in [4.69, 9.17) is 4.74 Å². The van der Waals surface area contributed by atoms with Gasteiger partial charge in [-0.15, -0.1) is 11.3 Å². The molecule has 1 heterocycles. The maximum absolute atomic E-state index is 12.3. The summed E-state index contributed by atoms with van der Waals surface area (Å²) in [6, 6.07) is 0. The molecule has 14 heavy (non-hydrogen) atoms. The topological polar surface area (TPSA) is 25.4 Å². The molecule has 1 rings (SSSR count). The summed E-state index contributed by atoms with van der Waals surface area (Å²) in [5.41, 5.74) is 0.978. The van der Waals surface area contributed by atoms with Gasteiger partial charge >= 0.3 is 0 Å². The SMILES string of the molecule is COCCN(CCF)c1nc(C)cs1. The Kier molecular flexibility index (Phi) is 4.82. The van der Waals surface area contributed by atoms with Crippen molar-refractivity contribution in [1.29, 1.82) is 0 Å². The van der Waals surface area contributed by atoms with Crippen LogP contribution in [0.4, 0.5) is 9.52 Å². The van der Waals surface area contributed by atoms with Gasteiger partial charge < -0.3 is 9.64 Å². The van der Waals surface area contributed by atoms with Crippen LogP contribution in [0, 0.1) is 6.92 Å². The smallest absolute Gasteiger partial charge is 0.185 e. The minimum absolute atomic E-state index is 0.359. The predicted octanol–water partition coefficient (Wildman–Crippen LogP) is 1.87. The number of nitrogens with zero attached hydrogens (tertiary/aromatic N) is 2. The molecule has 0 aliphatic heterocycles. The molecule has 5 heteroatoms. The molecule has 0 saturated carbocycles. The highest BCUT2D eigenvalue weighted by Gasteiger charge is 2.09. The fourth-order valence-corrected chi connectivity index (χ4v) is 1.95. The Morgan fingerprint density at radius 2 is 2.36 bits per heavy atom. The second kappa shape index (κ2) is 5.93. The fraction of sp³-hybridized carbons (Fsp3) is 0.667. The van der Waals surface area contributed by atoms with Crippen molar-refractivity contribution >= 4 is 16.5 Å². The summed E-state index contributed by atoms with van der Waals surface area (Å²) in [6.45, 7) is 3.24. The molecule has 0 aliphatic carbocycles. The number of aryl methyl sites for hydroxylation is 1. The zero-order valence-electron chi connectivity index (χ0n) is 8.49. The van der Waals surface area contributed by atoms with Gasteiger partial charge in [-0.3, -0.25) is 0 Å². The summed E-state index contributed by atoms with van der Waals surface area (Å²) >= 11 is 1.54. The van der Waals surface area contributed by atoms with E-state index in [1.807, 2.05) is 17.2 Å². The highest BCUT2D eigenvalue weighted by Crippen LogP contribution is 2.19. The first kappa shape index (κ1) is 11.4. The average molecular weight is 218 g/mol. The molecule has 0 radical (unpaired) electrons. The molecule has 0 spiro atoms. The number of hydrogen-bond acceptors (Lipinski definition) is 4. The lowest BCUT2D eigenvalue weighted by Gasteiger charge is -2.19. The molecule has 80 valence electrons. The van der Waals surface area contributed by atoms with Crippen LogP contribution >= 0.6 is 11.3 Å². The summed E-state index contributed by atoms with van der Waals surface area (Å²) in [6.07, 6.45) is 0. The number of thiazole rings is 1. The summed E-state index contributed by atoms with van der Waals surface area (Å²) < 4.78 is 17.2. The van der Waals surface area contributed by atoms with Crippen LogP contribution in [0.5, 0.6) is 0 Å². The van der Waals surface area contributed by atoms with E-state index in [1.165, 1.54) is 0 Å². The predicted molar refractivity (Wildman–Crippen MR) is 56.9 cm³/mol. The Hall–Kier alpha value is -0.680. The van der Waals surface area contributed by atoms with E-state index >= 15 is 0 Å². The van der Waals surface area contributed by atoms with Crippen molar-refractivity contribution in [2.45, 2.75) is 6.92 Å². The molecule has 3 nitrogen and oxygen atoms in total. The minimum atomic E-state index is -0.359. The Morgan fingerprint density at radius 3 is 2.86 bits per heavy atom. The van der Waals surface area contributed by atoms with Crippen molar-refractivity contribution in [1.82, 2.24) is 4.98 Å². The Balaban J connectivity index is 2.57. The maximum Gasteiger partial charge on any atom is 0.185 e. The maximum atomic E-state index is 12.3.